The van der Waals surface area contributed by atoms with Gasteiger partial charge in [-0.3, -0.25) is 0 Å². The second kappa shape index (κ2) is 12.8. The molecule has 4 heteroatoms. The van der Waals surface area contributed by atoms with E-state index in [1.807, 2.05) is 12.4 Å². The number of benzene rings is 1. The van der Waals surface area contributed by atoms with Crippen LogP contribution in [0.25, 0.3) is 11.4 Å². The van der Waals surface area contributed by atoms with E-state index < -0.39 is 0 Å². The molecular weight excluding hydrogens is 372 g/mol. The van der Waals surface area contributed by atoms with Crippen LogP contribution in [-0.2, 0) is 15.9 Å². The Morgan fingerprint density at radius 2 is 1.53 bits per heavy atom. The van der Waals surface area contributed by atoms with Gasteiger partial charge in [-0.05, 0) is 30.4 Å². The maximum Gasteiger partial charge on any atom is 0.159 e. The lowest BCUT2D eigenvalue weighted by Gasteiger charge is -2.30. The van der Waals surface area contributed by atoms with Crippen LogP contribution < -0.4 is 0 Å². The molecule has 0 spiro atoms. The van der Waals surface area contributed by atoms with Gasteiger partial charge in [-0.1, -0.05) is 83.1 Å². The first kappa shape index (κ1) is 22.9. The third kappa shape index (κ3) is 7.17. The summed E-state index contributed by atoms with van der Waals surface area (Å²) in [7, 11) is 0. The monoisotopic (exact) mass is 410 g/mol. The van der Waals surface area contributed by atoms with Crippen LogP contribution in [0.5, 0.6) is 0 Å². The minimum absolute atomic E-state index is 0.121. The van der Waals surface area contributed by atoms with Gasteiger partial charge >= 0.3 is 0 Å². The summed E-state index contributed by atoms with van der Waals surface area (Å²) in [5.74, 6) is 0.792. The molecule has 2 aromatic rings. The number of hydrogen-bond acceptors (Lipinski definition) is 4. The molecule has 1 aliphatic heterocycles. The average molecular weight is 411 g/mol. The van der Waals surface area contributed by atoms with Crippen LogP contribution in [-0.4, -0.2) is 22.9 Å². The van der Waals surface area contributed by atoms with Gasteiger partial charge in [0.1, 0.15) is 6.79 Å². The zero-order valence-electron chi connectivity index (χ0n) is 18.8. The normalized spacial score (nSPS) is 19.1. The summed E-state index contributed by atoms with van der Waals surface area (Å²) in [4.78, 5) is 9.18. The molecule has 1 fully saturated rings. The fraction of sp³-hybridized carbons (Fsp3) is 0.615. The fourth-order valence-electron chi connectivity index (χ4n) is 4.06. The molecule has 2 atom stereocenters. The molecule has 1 aromatic carbocycles. The zero-order chi connectivity index (χ0) is 21.0. The third-order valence-electron chi connectivity index (χ3n) is 5.99. The van der Waals surface area contributed by atoms with E-state index in [9.17, 15) is 0 Å². The van der Waals surface area contributed by atoms with E-state index in [1.54, 1.807) is 0 Å². The van der Waals surface area contributed by atoms with E-state index in [2.05, 4.69) is 48.1 Å². The van der Waals surface area contributed by atoms with Crippen molar-refractivity contribution < 1.29 is 9.47 Å². The second-order valence-corrected chi connectivity index (χ2v) is 8.49. The van der Waals surface area contributed by atoms with E-state index in [0.717, 1.165) is 30.7 Å². The van der Waals surface area contributed by atoms with Gasteiger partial charge in [0, 0.05) is 24.4 Å². The Bertz CT molecular complexity index is 715. The number of hydrogen-bond donors (Lipinski definition) is 0. The number of aryl methyl sites for hydroxylation is 1. The van der Waals surface area contributed by atoms with Gasteiger partial charge in [0.25, 0.3) is 0 Å². The standard InChI is InChI=1S/C26H38N2O2/c1-3-5-7-9-11-21-18-27-26(28-19-21)23-15-13-22(14-16-23)25-17-24(29-20-30-25)12-10-8-6-4-2/h13-16,18-19,24-25H,3-12,17,20H2,1-2H3/t24-,25+/m1/s1. The summed E-state index contributed by atoms with van der Waals surface area (Å²) in [6, 6.07) is 8.53. The predicted octanol–water partition coefficient (Wildman–Crippen LogP) is 7.04. The first-order chi connectivity index (χ1) is 14.8. The number of ether oxygens (including phenoxy) is 2. The maximum atomic E-state index is 5.88. The Morgan fingerprint density at radius 3 is 2.23 bits per heavy atom. The molecule has 3 rings (SSSR count). The van der Waals surface area contributed by atoms with Crippen molar-refractivity contribution in [1.82, 2.24) is 9.97 Å². The highest BCUT2D eigenvalue weighted by Gasteiger charge is 2.24. The lowest BCUT2D eigenvalue weighted by Crippen LogP contribution is -2.26. The Balaban J connectivity index is 1.51. The van der Waals surface area contributed by atoms with Crippen LogP contribution in [0.3, 0.4) is 0 Å². The molecule has 0 bridgehead atoms. The van der Waals surface area contributed by atoms with Crippen molar-refractivity contribution in [2.75, 3.05) is 6.79 Å². The minimum atomic E-state index is 0.121. The van der Waals surface area contributed by atoms with Gasteiger partial charge < -0.3 is 9.47 Å². The molecular formula is C26H38N2O2. The van der Waals surface area contributed by atoms with Gasteiger partial charge in [-0.25, -0.2) is 9.97 Å². The molecule has 0 amide bonds. The molecule has 1 aliphatic rings. The summed E-state index contributed by atoms with van der Waals surface area (Å²) in [5, 5.41) is 0. The maximum absolute atomic E-state index is 5.88. The first-order valence-corrected chi connectivity index (χ1v) is 11.9. The van der Waals surface area contributed by atoms with Crippen LogP contribution in [0, 0.1) is 0 Å². The van der Waals surface area contributed by atoms with Crippen molar-refractivity contribution in [2.45, 2.75) is 96.7 Å². The molecule has 1 aromatic heterocycles. The summed E-state index contributed by atoms with van der Waals surface area (Å²) < 4.78 is 11.7. The molecule has 0 aliphatic carbocycles. The highest BCUT2D eigenvalue weighted by molar-refractivity contribution is 5.55. The number of rotatable bonds is 12. The Kier molecular flexibility index (Phi) is 9.78. The summed E-state index contributed by atoms with van der Waals surface area (Å²) in [6.45, 7) is 4.89. The van der Waals surface area contributed by atoms with Crippen LogP contribution in [0.15, 0.2) is 36.7 Å². The second-order valence-electron chi connectivity index (χ2n) is 8.49. The number of aromatic nitrogens is 2. The van der Waals surface area contributed by atoms with E-state index in [-0.39, 0.29) is 6.10 Å². The van der Waals surface area contributed by atoms with Crippen molar-refractivity contribution in [3.63, 3.8) is 0 Å². The number of unbranched alkanes of at least 4 members (excludes halogenated alkanes) is 6. The minimum Gasteiger partial charge on any atom is -0.352 e. The topological polar surface area (TPSA) is 44.2 Å². The molecule has 1 saturated heterocycles. The highest BCUT2D eigenvalue weighted by atomic mass is 16.7. The zero-order valence-corrected chi connectivity index (χ0v) is 18.8. The lowest BCUT2D eigenvalue weighted by atomic mass is 9.98. The fourth-order valence-corrected chi connectivity index (χ4v) is 4.06. The predicted molar refractivity (Wildman–Crippen MR) is 122 cm³/mol. The van der Waals surface area contributed by atoms with E-state index in [4.69, 9.17) is 9.47 Å². The van der Waals surface area contributed by atoms with Gasteiger partial charge in [0.05, 0.1) is 12.2 Å². The van der Waals surface area contributed by atoms with Crippen molar-refractivity contribution in [1.29, 1.82) is 0 Å². The molecule has 0 saturated carbocycles. The van der Waals surface area contributed by atoms with Gasteiger partial charge in [0.2, 0.25) is 0 Å². The SMILES string of the molecule is CCCCCCc1cnc(-c2ccc([C@@H]3C[C@@H](CCCCCC)OCO3)cc2)nc1. The Labute approximate surface area is 182 Å². The van der Waals surface area contributed by atoms with Crippen molar-refractivity contribution in [3.8, 4) is 11.4 Å². The molecule has 4 nitrogen and oxygen atoms in total. The third-order valence-corrected chi connectivity index (χ3v) is 5.99. The van der Waals surface area contributed by atoms with Crippen molar-refractivity contribution >= 4 is 0 Å². The van der Waals surface area contributed by atoms with Crippen LogP contribution >= 0.6 is 0 Å². The molecule has 30 heavy (non-hydrogen) atoms. The van der Waals surface area contributed by atoms with Crippen molar-refractivity contribution in [3.05, 3.63) is 47.8 Å². The lowest BCUT2D eigenvalue weighted by molar-refractivity contribution is -0.179. The van der Waals surface area contributed by atoms with Gasteiger partial charge in [-0.2, -0.15) is 0 Å². The molecule has 2 heterocycles. The van der Waals surface area contributed by atoms with Crippen LogP contribution in [0.4, 0.5) is 0 Å². The number of nitrogens with zero attached hydrogens (tertiary/aromatic N) is 2. The Hall–Kier alpha value is -1.78. The first-order valence-electron chi connectivity index (χ1n) is 11.9. The van der Waals surface area contributed by atoms with E-state index >= 15 is 0 Å². The molecule has 164 valence electrons. The molecule has 0 unspecified atom stereocenters. The smallest absolute Gasteiger partial charge is 0.159 e. The Morgan fingerprint density at radius 1 is 0.833 bits per heavy atom. The van der Waals surface area contributed by atoms with E-state index in [0.29, 0.717) is 12.9 Å². The van der Waals surface area contributed by atoms with Gasteiger partial charge in [-0.15, -0.1) is 0 Å². The van der Waals surface area contributed by atoms with Crippen LogP contribution in [0.2, 0.25) is 0 Å². The quantitative estimate of drug-likeness (QED) is 0.352. The summed E-state index contributed by atoms with van der Waals surface area (Å²) in [6.07, 6.45) is 17.7. The highest BCUT2D eigenvalue weighted by Crippen LogP contribution is 2.31. The van der Waals surface area contributed by atoms with Crippen LogP contribution in [0.1, 0.15) is 95.3 Å². The molecule has 0 radical (unpaired) electrons. The van der Waals surface area contributed by atoms with E-state index in [1.165, 1.54) is 62.5 Å². The largest absolute Gasteiger partial charge is 0.352 e. The average Bonchev–Trinajstić information content (AvgIpc) is 2.80. The summed E-state index contributed by atoms with van der Waals surface area (Å²) in [5.41, 5.74) is 3.50. The summed E-state index contributed by atoms with van der Waals surface area (Å²) >= 11 is 0. The van der Waals surface area contributed by atoms with Gasteiger partial charge in [0.15, 0.2) is 5.82 Å². The van der Waals surface area contributed by atoms with Crippen molar-refractivity contribution in [2.24, 2.45) is 0 Å². The molecule has 0 N–H and O–H groups in total.